The first-order valence-electron chi connectivity index (χ1n) is 8.10. The minimum absolute atomic E-state index is 0.633. The van der Waals surface area contributed by atoms with Crippen molar-refractivity contribution in [2.45, 2.75) is 20.3 Å². The summed E-state index contributed by atoms with van der Waals surface area (Å²) in [6.07, 6.45) is 2.66. The number of hydrogen-bond donors (Lipinski definition) is 1. The molecule has 120 valence electrons. The summed E-state index contributed by atoms with van der Waals surface area (Å²) in [5.74, 6) is 1.33. The van der Waals surface area contributed by atoms with Gasteiger partial charge in [-0.2, -0.15) is 10.1 Å². The molecule has 4 rings (SSSR count). The number of nitrogens with zero attached hydrogens (tertiary/aromatic N) is 4. The van der Waals surface area contributed by atoms with E-state index in [0.29, 0.717) is 11.8 Å². The lowest BCUT2D eigenvalue weighted by Gasteiger charge is -2.17. The fraction of sp³-hybridized carbons (Fsp3) is 0.211. The first kappa shape index (κ1) is 14.6. The number of para-hydroxylation sites is 1. The van der Waals surface area contributed by atoms with E-state index in [1.54, 1.807) is 6.20 Å². The first-order chi connectivity index (χ1) is 11.7. The molecule has 2 aromatic carbocycles. The van der Waals surface area contributed by atoms with E-state index in [1.165, 1.54) is 22.4 Å². The number of aryl methyl sites for hydroxylation is 2. The highest BCUT2D eigenvalue weighted by atomic mass is 15.3. The van der Waals surface area contributed by atoms with Crippen LogP contribution in [0.5, 0.6) is 0 Å². The van der Waals surface area contributed by atoms with Crippen LogP contribution in [0.1, 0.15) is 16.7 Å². The van der Waals surface area contributed by atoms with E-state index in [0.717, 1.165) is 18.7 Å². The normalized spacial score (nSPS) is 13.0. The average molecular weight is 317 g/mol. The third-order valence-corrected chi connectivity index (χ3v) is 4.46. The number of hydrogen-bond acceptors (Lipinski definition) is 5. The van der Waals surface area contributed by atoms with Crippen LogP contribution < -0.4 is 10.2 Å². The van der Waals surface area contributed by atoms with Crippen molar-refractivity contribution < 1.29 is 0 Å². The molecule has 2 heterocycles. The van der Waals surface area contributed by atoms with Gasteiger partial charge in [-0.3, -0.25) is 0 Å². The van der Waals surface area contributed by atoms with Crippen LogP contribution in [0.25, 0.3) is 0 Å². The zero-order chi connectivity index (χ0) is 16.5. The lowest BCUT2D eigenvalue weighted by molar-refractivity contribution is 0.887. The molecule has 0 radical (unpaired) electrons. The van der Waals surface area contributed by atoms with Crippen LogP contribution in [0.2, 0.25) is 0 Å². The van der Waals surface area contributed by atoms with Crippen molar-refractivity contribution in [1.29, 1.82) is 0 Å². The topological polar surface area (TPSA) is 53.9 Å². The Bertz CT molecular complexity index is 890. The Morgan fingerprint density at radius 1 is 1.04 bits per heavy atom. The lowest BCUT2D eigenvalue weighted by atomic mass is 10.1. The summed E-state index contributed by atoms with van der Waals surface area (Å²) in [6.45, 7) is 5.09. The summed E-state index contributed by atoms with van der Waals surface area (Å²) < 4.78 is 0. The van der Waals surface area contributed by atoms with Gasteiger partial charge < -0.3 is 10.2 Å². The summed E-state index contributed by atoms with van der Waals surface area (Å²) >= 11 is 0. The minimum Gasteiger partial charge on any atom is -0.339 e. The van der Waals surface area contributed by atoms with Gasteiger partial charge in [0, 0.05) is 17.9 Å². The third kappa shape index (κ3) is 2.69. The maximum Gasteiger partial charge on any atom is 0.251 e. The Balaban J connectivity index is 1.61. The van der Waals surface area contributed by atoms with Crippen LogP contribution in [-0.4, -0.2) is 21.7 Å². The number of nitrogens with one attached hydrogen (secondary N) is 1. The van der Waals surface area contributed by atoms with Gasteiger partial charge in [0.2, 0.25) is 0 Å². The van der Waals surface area contributed by atoms with Gasteiger partial charge in [-0.1, -0.05) is 24.3 Å². The van der Waals surface area contributed by atoms with Gasteiger partial charge >= 0.3 is 0 Å². The smallest absolute Gasteiger partial charge is 0.251 e. The predicted molar refractivity (Wildman–Crippen MR) is 96.2 cm³/mol. The monoisotopic (exact) mass is 317 g/mol. The molecule has 1 N–H and O–H groups in total. The average Bonchev–Trinajstić information content (AvgIpc) is 3.03. The molecule has 0 atom stereocenters. The van der Waals surface area contributed by atoms with E-state index in [1.807, 2.05) is 6.07 Å². The van der Waals surface area contributed by atoms with Crippen LogP contribution in [0.4, 0.5) is 23.1 Å². The van der Waals surface area contributed by atoms with E-state index in [2.05, 4.69) is 75.6 Å². The van der Waals surface area contributed by atoms with Crippen molar-refractivity contribution >= 4 is 23.1 Å². The molecule has 0 unspecified atom stereocenters. The number of benzene rings is 2. The van der Waals surface area contributed by atoms with Crippen LogP contribution in [-0.2, 0) is 6.42 Å². The molecule has 3 aromatic rings. The molecule has 0 saturated carbocycles. The van der Waals surface area contributed by atoms with Crippen molar-refractivity contribution in [1.82, 2.24) is 15.2 Å². The van der Waals surface area contributed by atoms with Gasteiger partial charge in [0.05, 0.1) is 6.20 Å². The van der Waals surface area contributed by atoms with Crippen molar-refractivity contribution in [2.24, 2.45) is 0 Å². The van der Waals surface area contributed by atoms with Gasteiger partial charge in [0.25, 0.3) is 5.95 Å². The largest absolute Gasteiger partial charge is 0.339 e. The fourth-order valence-corrected chi connectivity index (χ4v) is 2.98. The Morgan fingerprint density at radius 3 is 2.79 bits per heavy atom. The molecule has 24 heavy (non-hydrogen) atoms. The molecular formula is C19H19N5. The van der Waals surface area contributed by atoms with Gasteiger partial charge in [0.15, 0.2) is 5.82 Å². The van der Waals surface area contributed by atoms with E-state index >= 15 is 0 Å². The van der Waals surface area contributed by atoms with Crippen LogP contribution in [0.3, 0.4) is 0 Å². The van der Waals surface area contributed by atoms with Crippen molar-refractivity contribution in [2.75, 3.05) is 16.8 Å². The zero-order valence-corrected chi connectivity index (χ0v) is 13.8. The Kier molecular flexibility index (Phi) is 3.61. The maximum absolute atomic E-state index is 4.64. The van der Waals surface area contributed by atoms with Gasteiger partial charge in [-0.25, -0.2) is 0 Å². The van der Waals surface area contributed by atoms with Crippen molar-refractivity contribution in [3.63, 3.8) is 0 Å². The second-order valence-corrected chi connectivity index (χ2v) is 6.10. The summed E-state index contributed by atoms with van der Waals surface area (Å²) in [6, 6.07) is 14.6. The zero-order valence-electron chi connectivity index (χ0n) is 13.8. The summed E-state index contributed by atoms with van der Waals surface area (Å²) in [5, 5.41) is 11.7. The molecule has 0 saturated heterocycles. The molecule has 1 aromatic heterocycles. The number of rotatable bonds is 3. The second-order valence-electron chi connectivity index (χ2n) is 6.10. The number of aromatic nitrogens is 3. The predicted octanol–water partition coefficient (Wildman–Crippen LogP) is 3.93. The molecule has 0 spiro atoms. The second kappa shape index (κ2) is 5.92. The van der Waals surface area contributed by atoms with E-state index < -0.39 is 0 Å². The lowest BCUT2D eigenvalue weighted by Crippen LogP contribution is -2.17. The molecular weight excluding hydrogens is 298 g/mol. The number of fused-ring (bicyclic) bond motifs is 1. The highest BCUT2D eigenvalue weighted by molar-refractivity contribution is 5.66. The molecule has 0 fully saturated rings. The van der Waals surface area contributed by atoms with Gasteiger partial charge in [-0.05, 0) is 55.2 Å². The standard InChI is InChI=1S/C19H19N5/c1-13-7-8-16(11-14(13)2)21-18-12-20-23-19(22-18)24-10-9-15-5-3-4-6-17(15)24/h3-8,11-12H,9-10H2,1-2H3,(H,21,22,23). The molecule has 1 aliphatic rings. The van der Waals surface area contributed by atoms with Crippen molar-refractivity contribution in [3.8, 4) is 0 Å². The summed E-state index contributed by atoms with van der Waals surface area (Å²) in [4.78, 5) is 6.76. The maximum atomic E-state index is 4.64. The molecule has 0 amide bonds. The summed E-state index contributed by atoms with van der Waals surface area (Å²) in [5.41, 5.74) is 6.02. The van der Waals surface area contributed by atoms with Gasteiger partial charge in [-0.15, -0.1) is 5.10 Å². The highest BCUT2D eigenvalue weighted by Gasteiger charge is 2.22. The molecule has 1 aliphatic heterocycles. The third-order valence-electron chi connectivity index (χ3n) is 4.46. The molecule has 5 heteroatoms. The Labute approximate surface area is 141 Å². The minimum atomic E-state index is 0.633. The summed E-state index contributed by atoms with van der Waals surface area (Å²) in [7, 11) is 0. The van der Waals surface area contributed by atoms with Crippen LogP contribution in [0.15, 0.2) is 48.7 Å². The first-order valence-corrected chi connectivity index (χ1v) is 8.10. The Morgan fingerprint density at radius 2 is 1.92 bits per heavy atom. The quantitative estimate of drug-likeness (QED) is 0.793. The van der Waals surface area contributed by atoms with E-state index in [9.17, 15) is 0 Å². The molecule has 5 nitrogen and oxygen atoms in total. The van der Waals surface area contributed by atoms with E-state index in [4.69, 9.17) is 0 Å². The Hall–Kier alpha value is -2.95. The number of anilines is 4. The fourth-order valence-electron chi connectivity index (χ4n) is 2.98. The van der Waals surface area contributed by atoms with Gasteiger partial charge in [0.1, 0.15) is 0 Å². The highest BCUT2D eigenvalue weighted by Crippen LogP contribution is 2.32. The van der Waals surface area contributed by atoms with Crippen LogP contribution in [0, 0.1) is 13.8 Å². The van der Waals surface area contributed by atoms with Crippen molar-refractivity contribution in [3.05, 3.63) is 65.4 Å². The molecule has 0 bridgehead atoms. The molecule has 0 aliphatic carbocycles. The van der Waals surface area contributed by atoms with E-state index in [-0.39, 0.29) is 0 Å². The SMILES string of the molecule is Cc1ccc(Nc2cnnc(N3CCc4ccccc43)n2)cc1C. The van der Waals surface area contributed by atoms with Crippen LogP contribution >= 0.6 is 0 Å².